The Bertz CT molecular complexity index is 738. The molecule has 0 aromatic heterocycles. The van der Waals surface area contributed by atoms with Crippen molar-refractivity contribution >= 4 is 17.7 Å². The first-order chi connectivity index (χ1) is 14.0. The van der Waals surface area contributed by atoms with Gasteiger partial charge >= 0.3 is 12.2 Å². The Hall–Kier alpha value is -2.33. The first kappa shape index (κ1) is 23.9. The number of aliphatic carboxylic acids is 1. The molecule has 0 unspecified atom stereocenters. The molecule has 10 heteroatoms. The molecule has 0 aliphatic carbocycles. The normalized spacial score (nSPS) is 23.9. The Labute approximate surface area is 173 Å². The molecule has 0 bridgehead atoms. The number of morpholine rings is 1. The molecular formula is C20H28F3N3O4. The molecule has 30 heavy (non-hydrogen) atoms. The number of benzene rings is 1. The molecule has 2 amide bonds. The molecule has 3 rings (SSSR count). The van der Waals surface area contributed by atoms with Crippen molar-refractivity contribution in [1.29, 1.82) is 0 Å². The summed E-state index contributed by atoms with van der Waals surface area (Å²) >= 11 is 0. The van der Waals surface area contributed by atoms with Crippen LogP contribution in [0, 0.1) is 5.92 Å². The molecule has 2 fully saturated rings. The van der Waals surface area contributed by atoms with Gasteiger partial charge in [0.1, 0.15) is 0 Å². The van der Waals surface area contributed by atoms with Crippen LogP contribution in [0.3, 0.4) is 0 Å². The van der Waals surface area contributed by atoms with Crippen LogP contribution in [0.2, 0.25) is 0 Å². The number of carbonyl (C=O) groups is 2. The van der Waals surface area contributed by atoms with E-state index < -0.39 is 23.7 Å². The third kappa shape index (κ3) is 6.88. The van der Waals surface area contributed by atoms with Gasteiger partial charge in [0, 0.05) is 32.1 Å². The van der Waals surface area contributed by atoms with Crippen LogP contribution in [-0.2, 0) is 15.7 Å². The highest BCUT2D eigenvalue weighted by Crippen LogP contribution is 2.34. The van der Waals surface area contributed by atoms with E-state index in [0.29, 0.717) is 19.1 Å². The number of halogens is 3. The summed E-state index contributed by atoms with van der Waals surface area (Å²) in [6.45, 7) is 7.44. The van der Waals surface area contributed by atoms with E-state index in [1.165, 1.54) is 18.2 Å². The molecule has 0 radical (unpaired) electrons. The highest BCUT2D eigenvalue weighted by Gasteiger charge is 2.39. The fourth-order valence-electron chi connectivity index (χ4n) is 3.59. The van der Waals surface area contributed by atoms with Gasteiger partial charge in [0.15, 0.2) is 0 Å². The number of para-hydroxylation sites is 1. The number of carboxylic acids is 1. The number of fused-ring (bicyclic) bond motifs is 1. The topological polar surface area (TPSA) is 90.9 Å². The number of rotatable bonds is 3. The Balaban J connectivity index is 0.000000735. The maximum atomic E-state index is 13.0. The lowest BCUT2D eigenvalue weighted by molar-refractivity contribution is -0.137. The molecule has 168 valence electrons. The second-order valence-corrected chi connectivity index (χ2v) is 7.82. The van der Waals surface area contributed by atoms with Crippen LogP contribution in [0.1, 0.15) is 32.8 Å². The average molecular weight is 431 g/mol. The maximum absolute atomic E-state index is 13.0. The van der Waals surface area contributed by atoms with Crippen molar-refractivity contribution < 1.29 is 32.6 Å². The van der Waals surface area contributed by atoms with Crippen molar-refractivity contribution in [3.05, 3.63) is 29.8 Å². The second kappa shape index (κ2) is 10.1. The van der Waals surface area contributed by atoms with Crippen LogP contribution in [-0.4, -0.2) is 59.9 Å². The number of hydrogen-bond donors (Lipinski definition) is 3. The van der Waals surface area contributed by atoms with Crippen LogP contribution in [0.15, 0.2) is 24.3 Å². The minimum atomic E-state index is -4.51. The van der Waals surface area contributed by atoms with Crippen molar-refractivity contribution in [2.24, 2.45) is 5.92 Å². The Morgan fingerprint density at radius 1 is 1.23 bits per heavy atom. The zero-order valence-corrected chi connectivity index (χ0v) is 17.2. The number of carbonyl (C=O) groups excluding carboxylic acids is 1. The van der Waals surface area contributed by atoms with Crippen LogP contribution in [0.25, 0.3) is 0 Å². The largest absolute Gasteiger partial charge is 0.481 e. The number of nitrogens with one attached hydrogen (secondary N) is 2. The summed E-state index contributed by atoms with van der Waals surface area (Å²) in [6.07, 6.45) is -3.60. The van der Waals surface area contributed by atoms with Crippen molar-refractivity contribution in [3.8, 4) is 0 Å². The summed E-state index contributed by atoms with van der Waals surface area (Å²) in [5.74, 6) is -0.412. The summed E-state index contributed by atoms with van der Waals surface area (Å²) in [6, 6.07) is 4.49. The standard InChI is InChI=1S/C18H24F3N3O2.C2H4O2/c1-11(2)16-9-24-8-12(7-13(24)10-26-16)22-17(25)23-15-6-4-3-5-14(15)18(19,20)21;1-2(3)4/h3-6,11-13,16H,7-10H2,1-2H3,(H2,22,23,25);1H3,(H,3,4)/t12-,13-,16+;/m0./s1. The molecule has 1 aromatic carbocycles. The van der Waals surface area contributed by atoms with Crippen LogP contribution >= 0.6 is 0 Å². The van der Waals surface area contributed by atoms with Crippen molar-refractivity contribution in [2.75, 3.05) is 25.0 Å². The predicted octanol–water partition coefficient (Wildman–Crippen LogP) is 3.42. The molecule has 3 atom stereocenters. The van der Waals surface area contributed by atoms with Gasteiger partial charge in [-0.2, -0.15) is 13.2 Å². The zero-order chi connectivity index (χ0) is 22.5. The predicted molar refractivity (Wildman–Crippen MR) is 105 cm³/mol. The Kier molecular flexibility index (Phi) is 8.08. The summed E-state index contributed by atoms with van der Waals surface area (Å²) in [7, 11) is 0. The van der Waals surface area contributed by atoms with Gasteiger partial charge in [-0.25, -0.2) is 4.79 Å². The van der Waals surface area contributed by atoms with E-state index in [4.69, 9.17) is 14.6 Å². The number of alkyl halides is 3. The van der Waals surface area contributed by atoms with E-state index in [0.717, 1.165) is 26.0 Å². The van der Waals surface area contributed by atoms with Gasteiger partial charge in [0.25, 0.3) is 5.97 Å². The minimum Gasteiger partial charge on any atom is -0.481 e. The lowest BCUT2D eigenvalue weighted by atomic mass is 10.0. The van der Waals surface area contributed by atoms with E-state index in [1.807, 2.05) is 0 Å². The van der Waals surface area contributed by atoms with Gasteiger partial charge < -0.3 is 20.5 Å². The van der Waals surface area contributed by atoms with Crippen molar-refractivity contribution in [1.82, 2.24) is 10.2 Å². The van der Waals surface area contributed by atoms with Gasteiger partial charge in [-0.3, -0.25) is 9.69 Å². The smallest absolute Gasteiger partial charge is 0.418 e. The fraction of sp³-hybridized carbons (Fsp3) is 0.600. The monoisotopic (exact) mass is 431 g/mol. The number of urea groups is 1. The molecule has 1 aromatic rings. The molecule has 7 nitrogen and oxygen atoms in total. The SMILES string of the molecule is CC(=O)O.CC(C)[C@H]1CN2C[C@@H](NC(=O)Nc3ccccc3C(F)(F)F)C[C@H]2CO1. The van der Waals surface area contributed by atoms with E-state index >= 15 is 0 Å². The van der Waals surface area contributed by atoms with Crippen molar-refractivity contribution in [3.63, 3.8) is 0 Å². The van der Waals surface area contributed by atoms with Crippen LogP contribution in [0.4, 0.5) is 23.7 Å². The molecule has 3 N–H and O–H groups in total. The molecule has 0 saturated carbocycles. The minimum absolute atomic E-state index is 0.104. The Morgan fingerprint density at radius 3 is 2.47 bits per heavy atom. The van der Waals surface area contributed by atoms with Crippen LogP contribution < -0.4 is 10.6 Å². The molecule has 2 aliphatic heterocycles. The fourth-order valence-corrected chi connectivity index (χ4v) is 3.59. The third-order valence-corrected chi connectivity index (χ3v) is 5.00. The van der Waals surface area contributed by atoms with E-state index in [9.17, 15) is 18.0 Å². The van der Waals surface area contributed by atoms with E-state index in [-0.39, 0.29) is 23.9 Å². The number of hydrogen-bond acceptors (Lipinski definition) is 4. The van der Waals surface area contributed by atoms with Crippen molar-refractivity contribution in [2.45, 2.75) is 51.6 Å². The maximum Gasteiger partial charge on any atom is 0.418 e. The third-order valence-electron chi connectivity index (χ3n) is 5.00. The second-order valence-electron chi connectivity index (χ2n) is 7.82. The molecule has 2 heterocycles. The van der Waals surface area contributed by atoms with Gasteiger partial charge in [-0.1, -0.05) is 26.0 Å². The number of anilines is 1. The average Bonchev–Trinajstić information content (AvgIpc) is 3.01. The summed E-state index contributed by atoms with van der Waals surface area (Å²) in [4.78, 5) is 23.5. The number of ether oxygens (including phenoxy) is 1. The quantitative estimate of drug-likeness (QED) is 0.682. The lowest BCUT2D eigenvalue weighted by Gasteiger charge is -2.36. The van der Waals surface area contributed by atoms with E-state index in [2.05, 4.69) is 29.4 Å². The van der Waals surface area contributed by atoms with Crippen LogP contribution in [0.5, 0.6) is 0 Å². The van der Waals surface area contributed by atoms with Gasteiger partial charge in [0.05, 0.1) is 24.0 Å². The molecule has 2 saturated heterocycles. The number of carboxylic acid groups (broad SMARTS) is 1. The highest BCUT2D eigenvalue weighted by molar-refractivity contribution is 5.90. The number of nitrogens with zero attached hydrogens (tertiary/aromatic N) is 1. The number of amides is 2. The Morgan fingerprint density at radius 2 is 1.87 bits per heavy atom. The molecular weight excluding hydrogens is 403 g/mol. The van der Waals surface area contributed by atoms with E-state index in [1.54, 1.807) is 0 Å². The first-order valence-corrected chi connectivity index (χ1v) is 9.76. The highest BCUT2D eigenvalue weighted by atomic mass is 19.4. The molecule has 2 aliphatic rings. The van der Waals surface area contributed by atoms with Gasteiger partial charge in [-0.05, 0) is 24.5 Å². The van der Waals surface area contributed by atoms with Gasteiger partial charge in [-0.15, -0.1) is 0 Å². The zero-order valence-electron chi connectivity index (χ0n) is 17.2. The van der Waals surface area contributed by atoms with Gasteiger partial charge in [0.2, 0.25) is 0 Å². The summed E-state index contributed by atoms with van der Waals surface area (Å²) in [5, 5.41) is 12.5. The molecule has 0 spiro atoms. The summed E-state index contributed by atoms with van der Waals surface area (Å²) < 4.78 is 44.9. The summed E-state index contributed by atoms with van der Waals surface area (Å²) in [5.41, 5.74) is -1.09. The first-order valence-electron chi connectivity index (χ1n) is 9.76. The lowest BCUT2D eigenvalue weighted by Crippen LogP contribution is -2.48.